The summed E-state index contributed by atoms with van der Waals surface area (Å²) in [5, 5.41) is 11.5. The second-order valence-corrected chi connectivity index (χ2v) is 9.43. The molecule has 8 heteroatoms. The summed E-state index contributed by atoms with van der Waals surface area (Å²) in [6.45, 7) is 3.45. The largest absolute Gasteiger partial charge is 0.481 e. The Morgan fingerprint density at radius 1 is 1.12 bits per heavy atom. The molecule has 0 spiro atoms. The van der Waals surface area contributed by atoms with Crippen LogP contribution in [0.1, 0.15) is 36.4 Å². The minimum atomic E-state index is -3.66. The monoisotopic (exact) mass is 381 g/mol. The van der Waals surface area contributed by atoms with Gasteiger partial charge in [0, 0.05) is 12.0 Å². The molecule has 2 N–H and O–H groups in total. The van der Waals surface area contributed by atoms with E-state index in [1.54, 1.807) is 32.0 Å². The van der Waals surface area contributed by atoms with Gasteiger partial charge in [-0.15, -0.1) is 11.3 Å². The first-order valence-electron chi connectivity index (χ1n) is 7.56. The van der Waals surface area contributed by atoms with Gasteiger partial charge in [-0.2, -0.15) is 0 Å². The molecule has 0 atom stereocenters. The second kappa shape index (κ2) is 7.37. The molecule has 134 valence electrons. The van der Waals surface area contributed by atoms with E-state index in [0.29, 0.717) is 0 Å². The molecule has 6 nitrogen and oxygen atoms in total. The van der Waals surface area contributed by atoms with Gasteiger partial charge >= 0.3 is 5.97 Å². The van der Waals surface area contributed by atoms with Crippen LogP contribution in [0.5, 0.6) is 0 Å². The standard InChI is InChI=1S/C17H19NO5S2/c1-17(2,11-10-14(19)20)18-16(21)13-8-9-15(24-13)25(22,23)12-6-4-3-5-7-12/h3-9H,10-11H2,1-2H3,(H,18,21)(H,19,20). The minimum absolute atomic E-state index is 0.0641. The van der Waals surface area contributed by atoms with Crippen molar-refractivity contribution in [2.45, 2.75) is 41.3 Å². The van der Waals surface area contributed by atoms with Crippen molar-refractivity contribution < 1.29 is 23.1 Å². The van der Waals surface area contributed by atoms with Crippen molar-refractivity contribution in [3.63, 3.8) is 0 Å². The zero-order chi connectivity index (χ0) is 18.7. The summed E-state index contributed by atoms with van der Waals surface area (Å²) in [4.78, 5) is 23.4. The summed E-state index contributed by atoms with van der Waals surface area (Å²) < 4.78 is 25.2. The molecule has 2 aromatic rings. The number of amides is 1. The van der Waals surface area contributed by atoms with Crippen LogP contribution in [0.25, 0.3) is 0 Å². The van der Waals surface area contributed by atoms with Crippen molar-refractivity contribution in [1.82, 2.24) is 5.32 Å². The fraction of sp³-hybridized carbons (Fsp3) is 0.294. The number of carbonyl (C=O) groups is 2. The highest BCUT2D eigenvalue weighted by molar-refractivity contribution is 7.93. The third kappa shape index (κ3) is 4.90. The van der Waals surface area contributed by atoms with Crippen LogP contribution in [-0.4, -0.2) is 30.9 Å². The van der Waals surface area contributed by atoms with Crippen molar-refractivity contribution in [1.29, 1.82) is 0 Å². The predicted molar refractivity (Wildman–Crippen MR) is 94.6 cm³/mol. The molecule has 0 aliphatic carbocycles. The molecule has 0 aliphatic rings. The highest BCUT2D eigenvalue weighted by atomic mass is 32.2. The molecule has 0 fully saturated rings. The van der Waals surface area contributed by atoms with E-state index in [0.717, 1.165) is 11.3 Å². The maximum atomic E-state index is 12.5. The van der Waals surface area contributed by atoms with Crippen molar-refractivity contribution >= 4 is 33.1 Å². The van der Waals surface area contributed by atoms with Gasteiger partial charge in [0.1, 0.15) is 4.21 Å². The van der Waals surface area contributed by atoms with Crippen LogP contribution in [0.3, 0.4) is 0 Å². The Balaban J connectivity index is 2.15. The molecule has 1 heterocycles. The molecule has 0 saturated heterocycles. The SMILES string of the molecule is CC(C)(CCC(=O)O)NC(=O)c1ccc(S(=O)(=O)c2ccccc2)s1. The fourth-order valence-electron chi connectivity index (χ4n) is 2.15. The number of carboxylic acid groups (broad SMARTS) is 1. The normalized spacial score (nSPS) is 11.9. The van der Waals surface area contributed by atoms with Crippen molar-refractivity contribution in [2.75, 3.05) is 0 Å². The molecule has 0 aliphatic heterocycles. The van der Waals surface area contributed by atoms with Gasteiger partial charge in [-0.25, -0.2) is 8.42 Å². The van der Waals surface area contributed by atoms with Gasteiger partial charge in [0.2, 0.25) is 9.84 Å². The highest BCUT2D eigenvalue weighted by Gasteiger charge is 2.25. The lowest BCUT2D eigenvalue weighted by Gasteiger charge is -2.25. The summed E-state index contributed by atoms with van der Waals surface area (Å²) in [7, 11) is -3.66. The average molecular weight is 381 g/mol. The van der Waals surface area contributed by atoms with Gasteiger partial charge in [0.05, 0.1) is 9.77 Å². The van der Waals surface area contributed by atoms with Gasteiger partial charge in [0.15, 0.2) is 0 Å². The zero-order valence-electron chi connectivity index (χ0n) is 13.9. The lowest BCUT2D eigenvalue weighted by atomic mass is 9.98. The molecule has 1 aromatic heterocycles. The van der Waals surface area contributed by atoms with E-state index in [1.165, 1.54) is 24.3 Å². The van der Waals surface area contributed by atoms with Crippen LogP contribution >= 0.6 is 11.3 Å². The third-order valence-electron chi connectivity index (χ3n) is 3.54. The average Bonchev–Trinajstić information content (AvgIpc) is 3.04. The van der Waals surface area contributed by atoms with Gasteiger partial charge in [-0.1, -0.05) is 18.2 Å². The van der Waals surface area contributed by atoms with Crippen LogP contribution in [-0.2, 0) is 14.6 Å². The molecular weight excluding hydrogens is 362 g/mol. The Hall–Kier alpha value is -2.19. The lowest BCUT2D eigenvalue weighted by molar-refractivity contribution is -0.137. The number of benzene rings is 1. The fourth-order valence-corrected chi connectivity index (χ4v) is 4.78. The summed E-state index contributed by atoms with van der Waals surface area (Å²) in [6.07, 6.45) is 0.208. The predicted octanol–water partition coefficient (Wildman–Crippen LogP) is 2.95. The van der Waals surface area contributed by atoms with Gasteiger partial charge < -0.3 is 10.4 Å². The molecule has 0 bridgehead atoms. The van der Waals surface area contributed by atoms with E-state index in [9.17, 15) is 18.0 Å². The van der Waals surface area contributed by atoms with Crippen LogP contribution < -0.4 is 5.32 Å². The van der Waals surface area contributed by atoms with Crippen LogP contribution in [0.2, 0.25) is 0 Å². The molecule has 0 radical (unpaired) electrons. The molecule has 1 aromatic carbocycles. The Labute approximate surface area is 150 Å². The van der Waals surface area contributed by atoms with E-state index in [-0.39, 0.29) is 26.8 Å². The first-order valence-corrected chi connectivity index (χ1v) is 9.86. The molecular formula is C17H19NO5S2. The van der Waals surface area contributed by atoms with Gasteiger partial charge in [-0.05, 0) is 44.5 Å². The Morgan fingerprint density at radius 2 is 1.76 bits per heavy atom. The topological polar surface area (TPSA) is 101 Å². The van der Waals surface area contributed by atoms with Crippen LogP contribution in [0.4, 0.5) is 0 Å². The number of sulfone groups is 1. The highest BCUT2D eigenvalue weighted by Crippen LogP contribution is 2.28. The van der Waals surface area contributed by atoms with E-state index in [1.807, 2.05) is 0 Å². The smallest absolute Gasteiger partial charge is 0.303 e. The molecule has 25 heavy (non-hydrogen) atoms. The third-order valence-corrected chi connectivity index (χ3v) is 6.88. The molecule has 2 rings (SSSR count). The second-order valence-electron chi connectivity index (χ2n) is 6.17. The quantitative estimate of drug-likeness (QED) is 0.768. The number of nitrogens with one attached hydrogen (secondary N) is 1. The Kier molecular flexibility index (Phi) is 5.64. The van der Waals surface area contributed by atoms with Crippen LogP contribution in [0.15, 0.2) is 51.6 Å². The van der Waals surface area contributed by atoms with E-state index in [2.05, 4.69) is 5.32 Å². The summed E-state index contributed by atoms with van der Waals surface area (Å²) in [5.74, 6) is -1.36. The summed E-state index contributed by atoms with van der Waals surface area (Å²) in [5.41, 5.74) is -0.710. The van der Waals surface area contributed by atoms with Crippen LogP contribution in [0, 0.1) is 0 Å². The number of rotatable bonds is 7. The lowest BCUT2D eigenvalue weighted by Crippen LogP contribution is -2.43. The molecule has 0 unspecified atom stereocenters. The number of carboxylic acids is 1. The van der Waals surface area contributed by atoms with Crippen molar-refractivity contribution in [3.05, 3.63) is 47.3 Å². The number of hydrogen-bond acceptors (Lipinski definition) is 5. The summed E-state index contributed by atoms with van der Waals surface area (Å²) >= 11 is 0.892. The van der Waals surface area contributed by atoms with Crippen molar-refractivity contribution in [2.24, 2.45) is 0 Å². The first-order chi connectivity index (χ1) is 11.6. The minimum Gasteiger partial charge on any atom is -0.481 e. The van der Waals surface area contributed by atoms with E-state index >= 15 is 0 Å². The number of thiophene rings is 1. The number of hydrogen-bond donors (Lipinski definition) is 2. The first kappa shape index (κ1) is 19.1. The zero-order valence-corrected chi connectivity index (χ0v) is 15.5. The Bertz CT molecular complexity index is 869. The van der Waals surface area contributed by atoms with Crippen molar-refractivity contribution in [3.8, 4) is 0 Å². The maximum absolute atomic E-state index is 12.5. The van der Waals surface area contributed by atoms with E-state index < -0.39 is 27.3 Å². The van der Waals surface area contributed by atoms with Gasteiger partial charge in [-0.3, -0.25) is 9.59 Å². The maximum Gasteiger partial charge on any atom is 0.303 e. The Morgan fingerprint density at radius 3 is 2.36 bits per heavy atom. The van der Waals surface area contributed by atoms with Gasteiger partial charge in [0.25, 0.3) is 5.91 Å². The molecule has 0 saturated carbocycles. The van der Waals surface area contributed by atoms with E-state index in [4.69, 9.17) is 5.11 Å². The number of aliphatic carboxylic acids is 1. The summed E-state index contributed by atoms with van der Waals surface area (Å²) in [6, 6.07) is 10.9. The molecule has 1 amide bonds. The number of carbonyl (C=O) groups excluding carboxylic acids is 1.